The van der Waals surface area contributed by atoms with E-state index in [0.29, 0.717) is 23.7 Å². The van der Waals surface area contributed by atoms with E-state index < -0.39 is 0 Å². The Kier molecular flexibility index (Phi) is 5.18. The lowest BCUT2D eigenvalue weighted by atomic mass is 9.85. The Hall–Kier alpha value is -0.840. The number of anilines is 2. The van der Waals surface area contributed by atoms with Gasteiger partial charge < -0.3 is 11.1 Å². The molecular weight excluding hydrogens is 280 g/mol. The first-order valence-electron chi connectivity index (χ1n) is 5.93. The van der Waals surface area contributed by atoms with E-state index in [-0.39, 0.29) is 0 Å². The summed E-state index contributed by atoms with van der Waals surface area (Å²) in [4.78, 5) is 8.09. The highest BCUT2D eigenvalue weighted by Crippen LogP contribution is 2.23. The third-order valence-electron chi connectivity index (χ3n) is 2.98. The molecule has 0 spiro atoms. The average molecular weight is 301 g/mol. The summed E-state index contributed by atoms with van der Waals surface area (Å²) >= 11 is 3.41. The van der Waals surface area contributed by atoms with Gasteiger partial charge in [0.2, 0.25) is 5.95 Å². The van der Waals surface area contributed by atoms with Crippen molar-refractivity contribution in [2.75, 3.05) is 17.6 Å². The highest BCUT2D eigenvalue weighted by Gasteiger charge is 2.17. The quantitative estimate of drug-likeness (QED) is 0.877. The molecule has 0 saturated heterocycles. The van der Waals surface area contributed by atoms with Crippen LogP contribution >= 0.6 is 15.9 Å². The molecule has 17 heavy (non-hydrogen) atoms. The molecule has 1 aromatic heterocycles. The molecule has 0 bridgehead atoms. The van der Waals surface area contributed by atoms with E-state index in [2.05, 4.69) is 58.9 Å². The highest BCUT2D eigenvalue weighted by molar-refractivity contribution is 9.10. The van der Waals surface area contributed by atoms with E-state index >= 15 is 0 Å². The number of nitrogens with two attached hydrogens (primary N) is 1. The Balaban J connectivity index is 2.68. The van der Waals surface area contributed by atoms with E-state index in [1.807, 2.05) is 0 Å². The number of nitrogens with zero attached hydrogens (tertiary/aromatic N) is 2. The molecule has 0 unspecified atom stereocenters. The van der Waals surface area contributed by atoms with Gasteiger partial charge in [0.05, 0.1) is 4.47 Å². The molecule has 0 aromatic carbocycles. The first-order chi connectivity index (χ1) is 7.91. The van der Waals surface area contributed by atoms with Crippen molar-refractivity contribution in [1.82, 2.24) is 9.97 Å². The minimum Gasteiger partial charge on any atom is -0.369 e. The van der Waals surface area contributed by atoms with Gasteiger partial charge in [0.1, 0.15) is 5.82 Å². The molecule has 3 N–H and O–H groups in total. The van der Waals surface area contributed by atoms with Gasteiger partial charge >= 0.3 is 0 Å². The largest absolute Gasteiger partial charge is 0.369 e. The van der Waals surface area contributed by atoms with Gasteiger partial charge in [-0.25, -0.2) is 4.98 Å². The Labute approximate surface area is 112 Å². The topological polar surface area (TPSA) is 63.8 Å². The first-order valence-corrected chi connectivity index (χ1v) is 6.73. The Morgan fingerprint density at radius 3 is 2.41 bits per heavy atom. The van der Waals surface area contributed by atoms with Crippen molar-refractivity contribution in [2.45, 2.75) is 27.7 Å². The van der Waals surface area contributed by atoms with Gasteiger partial charge in [0, 0.05) is 12.7 Å². The van der Waals surface area contributed by atoms with Crippen molar-refractivity contribution in [2.24, 2.45) is 17.8 Å². The fourth-order valence-electron chi connectivity index (χ4n) is 1.96. The smallest absolute Gasteiger partial charge is 0.221 e. The van der Waals surface area contributed by atoms with Gasteiger partial charge in [-0.05, 0) is 33.7 Å². The van der Waals surface area contributed by atoms with Gasteiger partial charge in [-0.2, -0.15) is 4.98 Å². The summed E-state index contributed by atoms with van der Waals surface area (Å²) in [6.45, 7) is 9.88. The summed E-state index contributed by atoms with van der Waals surface area (Å²) in [5, 5.41) is 3.34. The lowest BCUT2D eigenvalue weighted by Gasteiger charge is -2.25. The Morgan fingerprint density at radius 1 is 1.29 bits per heavy atom. The first kappa shape index (κ1) is 14.2. The number of rotatable bonds is 5. The maximum atomic E-state index is 5.57. The molecule has 1 rings (SSSR count). The summed E-state index contributed by atoms with van der Waals surface area (Å²) in [5.41, 5.74) is 5.57. The van der Waals surface area contributed by atoms with Crippen molar-refractivity contribution in [3.05, 3.63) is 10.7 Å². The van der Waals surface area contributed by atoms with Gasteiger partial charge in [0.15, 0.2) is 0 Å². The van der Waals surface area contributed by atoms with Crippen LogP contribution in [0.25, 0.3) is 0 Å². The lowest BCUT2D eigenvalue weighted by molar-refractivity contribution is 0.304. The van der Waals surface area contributed by atoms with Crippen LogP contribution in [0.1, 0.15) is 27.7 Å². The zero-order chi connectivity index (χ0) is 13.0. The van der Waals surface area contributed by atoms with Crippen LogP contribution in [0, 0.1) is 17.8 Å². The van der Waals surface area contributed by atoms with Crippen LogP contribution in [0.15, 0.2) is 10.7 Å². The molecule has 0 saturated carbocycles. The van der Waals surface area contributed by atoms with E-state index in [1.165, 1.54) is 0 Å². The third-order valence-corrected chi connectivity index (χ3v) is 3.56. The number of halogens is 1. The molecule has 0 radical (unpaired) electrons. The third kappa shape index (κ3) is 4.15. The van der Waals surface area contributed by atoms with E-state index in [4.69, 9.17) is 5.73 Å². The summed E-state index contributed by atoms with van der Waals surface area (Å²) in [6, 6.07) is 0. The van der Waals surface area contributed by atoms with Crippen LogP contribution in [0.2, 0.25) is 0 Å². The van der Waals surface area contributed by atoms with Crippen LogP contribution in [-0.2, 0) is 0 Å². The van der Waals surface area contributed by atoms with Gasteiger partial charge in [0.25, 0.3) is 0 Å². The zero-order valence-electron chi connectivity index (χ0n) is 10.9. The average Bonchev–Trinajstić information content (AvgIpc) is 2.22. The molecule has 4 nitrogen and oxygen atoms in total. The molecule has 1 heterocycles. The van der Waals surface area contributed by atoms with Crippen LogP contribution in [0.5, 0.6) is 0 Å². The fourth-order valence-corrected chi connectivity index (χ4v) is 2.29. The monoisotopic (exact) mass is 300 g/mol. The second kappa shape index (κ2) is 6.19. The maximum absolute atomic E-state index is 5.57. The van der Waals surface area contributed by atoms with E-state index in [1.54, 1.807) is 6.20 Å². The number of nitrogen functional groups attached to an aromatic ring is 1. The molecule has 0 atom stereocenters. The molecule has 0 fully saturated rings. The maximum Gasteiger partial charge on any atom is 0.221 e. The highest BCUT2D eigenvalue weighted by atomic mass is 79.9. The van der Waals surface area contributed by atoms with Crippen molar-refractivity contribution >= 4 is 27.7 Å². The Bertz CT molecular complexity index is 358. The summed E-state index contributed by atoms with van der Waals surface area (Å²) in [6.07, 6.45) is 1.67. The molecule has 0 aliphatic carbocycles. The predicted octanol–water partition coefficient (Wildman–Crippen LogP) is 3.16. The second-order valence-electron chi connectivity index (χ2n) is 4.96. The number of hydrogen-bond acceptors (Lipinski definition) is 4. The molecule has 0 amide bonds. The van der Waals surface area contributed by atoms with Crippen molar-refractivity contribution in [3.8, 4) is 0 Å². The van der Waals surface area contributed by atoms with Crippen molar-refractivity contribution in [3.63, 3.8) is 0 Å². The van der Waals surface area contributed by atoms with Crippen LogP contribution in [-0.4, -0.2) is 16.5 Å². The predicted molar refractivity (Wildman–Crippen MR) is 75.8 cm³/mol. The summed E-state index contributed by atoms with van der Waals surface area (Å²) in [7, 11) is 0. The molecule has 0 aliphatic rings. The Morgan fingerprint density at radius 2 is 1.88 bits per heavy atom. The number of aromatic nitrogens is 2. The minimum atomic E-state index is 0.293. The summed E-state index contributed by atoms with van der Waals surface area (Å²) in [5.74, 6) is 2.95. The van der Waals surface area contributed by atoms with Gasteiger partial charge in [-0.15, -0.1) is 0 Å². The van der Waals surface area contributed by atoms with Crippen molar-refractivity contribution < 1.29 is 0 Å². The van der Waals surface area contributed by atoms with Gasteiger partial charge in [-0.1, -0.05) is 27.7 Å². The van der Waals surface area contributed by atoms with E-state index in [9.17, 15) is 0 Å². The summed E-state index contributed by atoms with van der Waals surface area (Å²) < 4.78 is 0.845. The zero-order valence-corrected chi connectivity index (χ0v) is 12.5. The normalized spacial score (nSPS) is 11.5. The second-order valence-corrected chi connectivity index (χ2v) is 5.81. The molecule has 1 aromatic rings. The minimum absolute atomic E-state index is 0.293. The molecular formula is C12H21BrN4. The van der Waals surface area contributed by atoms with E-state index in [0.717, 1.165) is 16.8 Å². The number of hydrogen-bond donors (Lipinski definition) is 2. The number of nitrogens with one attached hydrogen (secondary N) is 1. The van der Waals surface area contributed by atoms with Crippen molar-refractivity contribution in [1.29, 1.82) is 0 Å². The standard InChI is InChI=1S/C12H21BrN4/c1-7(2)9(8(3)4)5-15-11-10(13)6-16-12(14)17-11/h6-9H,5H2,1-4H3,(H3,14,15,16,17). The lowest BCUT2D eigenvalue weighted by Crippen LogP contribution is -2.25. The van der Waals surface area contributed by atoms with Crippen LogP contribution < -0.4 is 11.1 Å². The molecule has 5 heteroatoms. The van der Waals surface area contributed by atoms with Crippen LogP contribution in [0.3, 0.4) is 0 Å². The van der Waals surface area contributed by atoms with Crippen LogP contribution in [0.4, 0.5) is 11.8 Å². The molecule has 96 valence electrons. The fraction of sp³-hybridized carbons (Fsp3) is 0.667. The van der Waals surface area contributed by atoms with Gasteiger partial charge in [-0.3, -0.25) is 0 Å². The SMILES string of the molecule is CC(C)C(CNc1nc(N)ncc1Br)C(C)C. The molecule has 0 aliphatic heterocycles.